The SMILES string of the molecule is COCCC(C)C(=O)CCC1CCNCC1. The predicted octanol–water partition coefficient (Wildman–Crippen LogP) is 2.01. The molecule has 1 aliphatic heterocycles. The first-order valence-electron chi connectivity index (χ1n) is 6.46. The molecule has 0 bridgehead atoms. The molecular weight excluding hydrogens is 202 g/mol. The third kappa shape index (κ3) is 5.08. The number of Topliss-reactive ketones (excluding diaryl/α,β-unsaturated/α-hetero) is 1. The Labute approximate surface area is 98.9 Å². The fourth-order valence-electron chi connectivity index (χ4n) is 2.22. The lowest BCUT2D eigenvalue weighted by molar-refractivity contribution is -0.123. The van der Waals surface area contributed by atoms with Crippen molar-refractivity contribution in [2.45, 2.75) is 39.0 Å². The van der Waals surface area contributed by atoms with Crippen LogP contribution in [0.1, 0.15) is 39.0 Å². The van der Waals surface area contributed by atoms with Gasteiger partial charge in [-0.3, -0.25) is 4.79 Å². The fraction of sp³-hybridized carbons (Fsp3) is 0.923. The lowest BCUT2D eigenvalue weighted by atomic mass is 9.89. The molecule has 0 radical (unpaired) electrons. The van der Waals surface area contributed by atoms with Crippen molar-refractivity contribution >= 4 is 5.78 Å². The van der Waals surface area contributed by atoms with Crippen LogP contribution in [0.3, 0.4) is 0 Å². The highest BCUT2D eigenvalue weighted by Crippen LogP contribution is 2.19. The minimum Gasteiger partial charge on any atom is -0.385 e. The van der Waals surface area contributed by atoms with Crippen LogP contribution in [0.4, 0.5) is 0 Å². The lowest BCUT2D eigenvalue weighted by Crippen LogP contribution is -2.28. The zero-order chi connectivity index (χ0) is 11.8. The standard InChI is InChI=1S/C13H25NO2/c1-11(7-10-16-2)13(15)4-3-12-5-8-14-9-6-12/h11-12,14H,3-10H2,1-2H3. The first-order valence-corrected chi connectivity index (χ1v) is 6.46. The van der Waals surface area contributed by atoms with Crippen LogP contribution in [0.15, 0.2) is 0 Å². The van der Waals surface area contributed by atoms with E-state index >= 15 is 0 Å². The predicted molar refractivity (Wildman–Crippen MR) is 65.5 cm³/mol. The van der Waals surface area contributed by atoms with Crippen LogP contribution in [0.5, 0.6) is 0 Å². The van der Waals surface area contributed by atoms with E-state index in [9.17, 15) is 4.79 Å². The monoisotopic (exact) mass is 227 g/mol. The summed E-state index contributed by atoms with van der Waals surface area (Å²) in [5.41, 5.74) is 0. The molecule has 0 amide bonds. The van der Waals surface area contributed by atoms with E-state index < -0.39 is 0 Å². The van der Waals surface area contributed by atoms with Gasteiger partial charge in [0, 0.05) is 26.1 Å². The van der Waals surface area contributed by atoms with Crippen LogP contribution in [0, 0.1) is 11.8 Å². The largest absolute Gasteiger partial charge is 0.385 e. The zero-order valence-electron chi connectivity index (χ0n) is 10.6. The summed E-state index contributed by atoms with van der Waals surface area (Å²) in [6.45, 7) is 4.96. The van der Waals surface area contributed by atoms with Crippen LogP contribution < -0.4 is 5.32 Å². The fourth-order valence-corrected chi connectivity index (χ4v) is 2.22. The Morgan fingerprint density at radius 2 is 2.12 bits per heavy atom. The Kier molecular flexibility index (Phi) is 6.65. The summed E-state index contributed by atoms with van der Waals surface area (Å²) >= 11 is 0. The van der Waals surface area contributed by atoms with Gasteiger partial charge in [-0.1, -0.05) is 6.92 Å². The van der Waals surface area contributed by atoms with Crippen molar-refractivity contribution < 1.29 is 9.53 Å². The highest BCUT2D eigenvalue weighted by Gasteiger charge is 2.17. The average Bonchev–Trinajstić information content (AvgIpc) is 2.34. The Hall–Kier alpha value is -0.410. The van der Waals surface area contributed by atoms with E-state index in [0.717, 1.165) is 38.3 Å². The summed E-state index contributed by atoms with van der Waals surface area (Å²) in [4.78, 5) is 11.8. The van der Waals surface area contributed by atoms with Gasteiger partial charge < -0.3 is 10.1 Å². The summed E-state index contributed by atoms with van der Waals surface area (Å²) in [7, 11) is 1.69. The molecule has 16 heavy (non-hydrogen) atoms. The average molecular weight is 227 g/mol. The summed E-state index contributed by atoms with van der Waals surface area (Å²) < 4.78 is 5.00. The Balaban J connectivity index is 2.12. The number of hydrogen-bond donors (Lipinski definition) is 1. The van der Waals surface area contributed by atoms with Crippen molar-refractivity contribution in [2.24, 2.45) is 11.8 Å². The van der Waals surface area contributed by atoms with Crippen molar-refractivity contribution in [3.8, 4) is 0 Å². The first-order chi connectivity index (χ1) is 7.74. The van der Waals surface area contributed by atoms with Gasteiger partial charge in [0.15, 0.2) is 0 Å². The number of hydrogen-bond acceptors (Lipinski definition) is 3. The van der Waals surface area contributed by atoms with Gasteiger partial charge in [0.1, 0.15) is 5.78 Å². The Morgan fingerprint density at radius 1 is 1.44 bits per heavy atom. The van der Waals surface area contributed by atoms with E-state index in [1.165, 1.54) is 12.8 Å². The van der Waals surface area contributed by atoms with Crippen LogP contribution in [-0.2, 0) is 9.53 Å². The van der Waals surface area contributed by atoms with Gasteiger partial charge in [-0.25, -0.2) is 0 Å². The molecular formula is C13H25NO2. The molecule has 1 saturated heterocycles. The van der Waals surface area contributed by atoms with E-state index in [0.29, 0.717) is 12.4 Å². The number of ketones is 1. The minimum absolute atomic E-state index is 0.168. The van der Waals surface area contributed by atoms with Gasteiger partial charge >= 0.3 is 0 Å². The maximum Gasteiger partial charge on any atom is 0.135 e. The van der Waals surface area contributed by atoms with E-state index in [4.69, 9.17) is 4.74 Å². The van der Waals surface area contributed by atoms with Gasteiger partial charge in [-0.15, -0.1) is 0 Å². The molecule has 0 saturated carbocycles. The van der Waals surface area contributed by atoms with Crippen LogP contribution in [0.25, 0.3) is 0 Å². The molecule has 0 aromatic heterocycles. The second kappa shape index (κ2) is 7.80. The molecule has 1 atom stereocenters. The van der Waals surface area contributed by atoms with E-state index in [-0.39, 0.29) is 5.92 Å². The van der Waals surface area contributed by atoms with Crippen molar-refractivity contribution in [1.29, 1.82) is 0 Å². The molecule has 1 aliphatic rings. The minimum atomic E-state index is 0.168. The number of piperidine rings is 1. The van der Waals surface area contributed by atoms with Crippen molar-refractivity contribution in [3.63, 3.8) is 0 Å². The van der Waals surface area contributed by atoms with E-state index in [2.05, 4.69) is 5.32 Å². The van der Waals surface area contributed by atoms with Crippen molar-refractivity contribution in [1.82, 2.24) is 5.32 Å². The Morgan fingerprint density at radius 3 is 2.75 bits per heavy atom. The Bertz CT molecular complexity index is 200. The highest BCUT2D eigenvalue weighted by atomic mass is 16.5. The number of methoxy groups -OCH3 is 1. The lowest BCUT2D eigenvalue weighted by Gasteiger charge is -2.22. The molecule has 1 heterocycles. The molecule has 3 heteroatoms. The zero-order valence-corrected chi connectivity index (χ0v) is 10.6. The summed E-state index contributed by atoms with van der Waals surface area (Å²) in [6.07, 6.45) is 5.18. The third-order valence-corrected chi connectivity index (χ3v) is 3.56. The molecule has 0 aliphatic carbocycles. The first kappa shape index (κ1) is 13.7. The number of carbonyl (C=O) groups excluding carboxylic acids is 1. The van der Waals surface area contributed by atoms with Crippen molar-refractivity contribution in [2.75, 3.05) is 26.8 Å². The van der Waals surface area contributed by atoms with E-state index in [1.807, 2.05) is 6.92 Å². The quantitative estimate of drug-likeness (QED) is 0.723. The summed E-state index contributed by atoms with van der Waals surface area (Å²) in [6, 6.07) is 0. The van der Waals surface area contributed by atoms with Crippen LogP contribution in [0.2, 0.25) is 0 Å². The number of ether oxygens (including phenoxy) is 1. The second-order valence-corrected chi connectivity index (χ2v) is 4.88. The molecule has 94 valence electrons. The molecule has 0 aromatic carbocycles. The number of nitrogens with one attached hydrogen (secondary N) is 1. The normalized spacial score (nSPS) is 19.6. The van der Waals surface area contributed by atoms with Crippen molar-refractivity contribution in [3.05, 3.63) is 0 Å². The topological polar surface area (TPSA) is 38.3 Å². The van der Waals surface area contributed by atoms with Gasteiger partial charge in [-0.2, -0.15) is 0 Å². The van der Waals surface area contributed by atoms with Crippen LogP contribution >= 0.6 is 0 Å². The highest BCUT2D eigenvalue weighted by molar-refractivity contribution is 5.80. The molecule has 3 nitrogen and oxygen atoms in total. The maximum absolute atomic E-state index is 11.8. The molecule has 1 rings (SSSR count). The number of rotatable bonds is 7. The van der Waals surface area contributed by atoms with Gasteiger partial charge in [0.2, 0.25) is 0 Å². The van der Waals surface area contributed by atoms with Gasteiger partial charge in [0.25, 0.3) is 0 Å². The molecule has 1 unspecified atom stereocenters. The van der Waals surface area contributed by atoms with E-state index in [1.54, 1.807) is 7.11 Å². The molecule has 0 spiro atoms. The molecule has 0 aromatic rings. The molecule has 1 fully saturated rings. The van der Waals surface area contributed by atoms with Gasteiger partial charge in [0.05, 0.1) is 0 Å². The second-order valence-electron chi connectivity index (χ2n) is 4.88. The summed E-state index contributed by atoms with van der Waals surface area (Å²) in [5.74, 6) is 1.34. The maximum atomic E-state index is 11.8. The molecule has 1 N–H and O–H groups in total. The summed E-state index contributed by atoms with van der Waals surface area (Å²) in [5, 5.41) is 3.35. The van der Waals surface area contributed by atoms with Gasteiger partial charge in [-0.05, 0) is 44.7 Å². The smallest absolute Gasteiger partial charge is 0.135 e. The van der Waals surface area contributed by atoms with Crippen LogP contribution in [-0.4, -0.2) is 32.6 Å². The number of carbonyl (C=O) groups is 1. The third-order valence-electron chi connectivity index (χ3n) is 3.56.